The second-order valence-electron chi connectivity index (χ2n) is 35.6. The Morgan fingerprint density at radius 1 is 0.400 bits per heavy atom. The summed E-state index contributed by atoms with van der Waals surface area (Å²) in [5.41, 5.74) is 4.98. The highest BCUT2D eigenvalue weighted by molar-refractivity contribution is 6.47. The summed E-state index contributed by atoms with van der Waals surface area (Å²) in [5, 5.41) is 42.9. The number of aliphatic carboxylic acids is 3. The number of aryl methyl sites for hydroxylation is 1. The second-order valence-corrected chi connectivity index (χ2v) is 38.6. The highest BCUT2D eigenvalue weighted by Crippen LogP contribution is 2.60. The summed E-state index contributed by atoms with van der Waals surface area (Å²) in [6, 6.07) is 7.68. The van der Waals surface area contributed by atoms with Gasteiger partial charge in [0, 0.05) is 63.2 Å². The third-order valence-electron chi connectivity index (χ3n) is 28.0. The Morgan fingerprint density at radius 3 is 1.00 bits per heavy atom. The van der Waals surface area contributed by atoms with Crippen LogP contribution in [-0.2, 0) is 46.5 Å². The van der Waals surface area contributed by atoms with E-state index in [9.17, 15) is 33.6 Å². The van der Waals surface area contributed by atoms with E-state index < -0.39 is 17.9 Å². The number of aromatic amines is 1. The number of rotatable bonds is 39. The van der Waals surface area contributed by atoms with Gasteiger partial charge in [-0.25, -0.2) is 0 Å². The number of ether oxygens (including phenoxy) is 4. The number of carboxylic acids is 3. The van der Waals surface area contributed by atoms with E-state index in [0.717, 1.165) is 208 Å². The number of hydrogen-bond donors (Lipinski definition) is 4. The number of fused-ring (bicyclic) bond motifs is 4. The van der Waals surface area contributed by atoms with Crippen LogP contribution in [0, 0.1) is 51.2 Å². The molecule has 4 unspecified atom stereocenters. The van der Waals surface area contributed by atoms with Gasteiger partial charge >= 0.3 is 17.9 Å². The predicted octanol–water partition coefficient (Wildman–Crippen LogP) is 26.6. The van der Waals surface area contributed by atoms with Gasteiger partial charge in [0.05, 0.1) is 45.8 Å². The normalized spacial score (nSPS) is 23.1. The maximum atomic E-state index is 13.7. The molecule has 4 atom stereocenters. The average molecular weight is 1820 g/mol. The SMILES string of the molecule is CCCCC1(C2CCCC2)Cc2cc(OC3CC(C(=O)O)C3)c(Cl)c(Cl)c2C1=O.CCCCC1(C2CCCC2)Cc2cc(OCCCCC(=O)O)c(Cl)c(Cl)c2C1=O.CCCCC1(C2CCCC2)Cc2cc(OCCCCCCCC(=O)O)c(Cl)c(Cl)c2C1=O.CCCCC1(C2CCCC2)Cc2cc(OCCCc3nn[nH]n3)c(Cl)c(Cl)c2C1=O. The first-order chi connectivity index (χ1) is 57.7. The van der Waals surface area contributed by atoms with E-state index in [1.54, 1.807) is 0 Å². The fourth-order valence-corrected chi connectivity index (χ4v) is 23.5. The number of aromatic nitrogens is 4. The first-order valence-electron chi connectivity index (χ1n) is 44.9. The number of halogens is 8. The van der Waals surface area contributed by atoms with Crippen molar-refractivity contribution in [2.75, 3.05) is 19.8 Å². The van der Waals surface area contributed by atoms with Crippen molar-refractivity contribution >= 4 is 134 Å². The third kappa shape index (κ3) is 21.4. The van der Waals surface area contributed by atoms with E-state index >= 15 is 0 Å². The van der Waals surface area contributed by atoms with Gasteiger partial charge < -0.3 is 34.3 Å². The van der Waals surface area contributed by atoms with Gasteiger partial charge in [0.15, 0.2) is 29.0 Å². The quantitative estimate of drug-likeness (QED) is 0.0266. The van der Waals surface area contributed by atoms with Crippen molar-refractivity contribution in [1.29, 1.82) is 0 Å². The zero-order valence-corrected chi connectivity index (χ0v) is 76.5. The minimum atomic E-state index is -0.808. The molecule has 0 radical (unpaired) electrons. The molecule has 0 aliphatic heterocycles. The minimum Gasteiger partial charge on any atom is -0.492 e. The molecule has 9 aliphatic rings. The number of benzene rings is 4. The van der Waals surface area contributed by atoms with Crippen LogP contribution in [0.25, 0.3) is 0 Å². The van der Waals surface area contributed by atoms with E-state index in [1.165, 1.54) is 51.4 Å². The summed E-state index contributed by atoms with van der Waals surface area (Å²) in [7, 11) is 0. The Balaban J connectivity index is 0.000000157. The van der Waals surface area contributed by atoms with Crippen LogP contribution in [0.4, 0.5) is 0 Å². The van der Waals surface area contributed by atoms with Crippen molar-refractivity contribution in [3.8, 4) is 23.0 Å². The monoisotopic (exact) mass is 1810 g/mol. The van der Waals surface area contributed by atoms with Crippen molar-refractivity contribution < 1.29 is 67.8 Å². The molecule has 5 fully saturated rings. The number of carbonyl (C=O) groups is 7. The van der Waals surface area contributed by atoms with E-state index in [1.807, 2.05) is 24.3 Å². The molecule has 9 aliphatic carbocycles. The number of carboxylic acid groups (broad SMARTS) is 3. The number of ketones is 4. The first-order valence-corrected chi connectivity index (χ1v) is 47.9. The van der Waals surface area contributed by atoms with Crippen LogP contribution in [0.5, 0.6) is 23.0 Å². The summed E-state index contributed by atoms with van der Waals surface area (Å²) in [5.74, 6) is 2.54. The van der Waals surface area contributed by atoms with E-state index in [-0.39, 0.29) is 79.7 Å². The molecule has 0 spiro atoms. The van der Waals surface area contributed by atoms with E-state index in [2.05, 4.69) is 48.3 Å². The molecule has 4 N–H and O–H groups in total. The lowest BCUT2D eigenvalue weighted by atomic mass is 9.68. The lowest BCUT2D eigenvalue weighted by molar-refractivity contribution is -0.148. The average Bonchev–Trinajstić information content (AvgIpc) is 1.60. The van der Waals surface area contributed by atoms with E-state index in [4.69, 9.17) is 127 Å². The fourth-order valence-electron chi connectivity index (χ4n) is 21.4. The number of H-pyrrole nitrogens is 1. The summed E-state index contributed by atoms with van der Waals surface area (Å²) in [6.07, 6.45) is 41.8. The number of tetrazole rings is 1. The Morgan fingerprint density at radius 2 is 0.692 bits per heavy atom. The molecule has 0 bridgehead atoms. The van der Waals surface area contributed by atoms with Crippen LogP contribution >= 0.6 is 92.8 Å². The standard InChI is InChI=1S/C26H36Cl2O4.C23H28Cl2O4.C23H30Cl2O4.C22H28Cl2N4O2/c1-2-3-14-26(19-11-8-9-12-19)17-18-16-20(23(27)24(28)22(18)25(26)31)32-15-10-6-4-5-7-13-21(29)30;1-2-3-8-23(15-6-4-5-7-15)12-14-11-17(19(24)20(25)18(14)21(23)26)29-16-9-13(10-16)22(27)28;1-2-3-11-23(16-8-4-5-9-16)14-15-13-17(29-12-7-6-10-18(26)27)20(24)21(25)19(15)22(23)28;1-2-3-10-22(15-7-4-5-8-15)13-14-12-16(19(23)20(24)18(14)21(22)29)30-11-6-9-17-25-27-28-26-17/h16,19H,2-15,17H2,1H3,(H,29,30);11,13,15-16H,2-10,12H2,1H3,(H,27,28);13,16H,2-12,14H2,1H3,(H,26,27);12,15H,2-11,13H2,1H3,(H,25,26,27,28). The van der Waals surface area contributed by atoms with Crippen molar-refractivity contribution in [2.24, 2.45) is 51.2 Å². The van der Waals surface area contributed by atoms with E-state index in [0.29, 0.717) is 163 Å². The maximum absolute atomic E-state index is 13.7. The zero-order valence-electron chi connectivity index (χ0n) is 70.4. The summed E-state index contributed by atoms with van der Waals surface area (Å²) in [6.45, 7) is 10.0. The van der Waals surface area contributed by atoms with Gasteiger partial charge in [-0.15, -0.1) is 10.2 Å². The van der Waals surface area contributed by atoms with Crippen LogP contribution in [-0.4, -0.2) is 103 Å². The highest BCUT2D eigenvalue weighted by Gasteiger charge is 2.56. The molecule has 1 aromatic heterocycles. The first kappa shape index (κ1) is 95.2. The van der Waals surface area contributed by atoms with Gasteiger partial charge in [-0.2, -0.15) is 5.21 Å². The molecule has 18 nitrogen and oxygen atoms in total. The number of Topliss-reactive ketones (excluding diaryl/α,β-unsaturated/α-hetero) is 4. The van der Waals surface area contributed by atoms with Crippen molar-refractivity contribution in [3.63, 3.8) is 0 Å². The maximum Gasteiger partial charge on any atom is 0.306 e. The van der Waals surface area contributed by atoms with Crippen molar-refractivity contribution in [1.82, 2.24) is 20.6 Å². The van der Waals surface area contributed by atoms with Gasteiger partial charge in [-0.3, -0.25) is 33.6 Å². The molecule has 0 amide bonds. The number of unbranched alkanes of at least 4 members (excludes halogenated alkanes) is 9. The zero-order chi connectivity index (χ0) is 86.1. The van der Waals surface area contributed by atoms with Crippen molar-refractivity contribution in [2.45, 2.75) is 323 Å². The molecule has 5 aromatic rings. The molecule has 5 saturated carbocycles. The molecule has 26 heteroatoms. The summed E-state index contributed by atoms with van der Waals surface area (Å²) < 4.78 is 23.7. The highest BCUT2D eigenvalue weighted by atomic mass is 35.5. The summed E-state index contributed by atoms with van der Waals surface area (Å²) >= 11 is 52.5. The third-order valence-corrected chi connectivity index (χ3v) is 31.4. The molecule has 4 aromatic carbocycles. The second kappa shape index (κ2) is 44.1. The molecule has 658 valence electrons. The lowest BCUT2D eigenvalue weighted by Crippen LogP contribution is -2.38. The van der Waals surface area contributed by atoms with Crippen LogP contribution in [0.1, 0.15) is 354 Å². The van der Waals surface area contributed by atoms with Crippen molar-refractivity contribution in [3.05, 3.63) is 115 Å². The summed E-state index contributed by atoms with van der Waals surface area (Å²) in [4.78, 5) is 86.9. The van der Waals surface area contributed by atoms with Crippen LogP contribution in [0.2, 0.25) is 40.2 Å². The van der Waals surface area contributed by atoms with Gasteiger partial charge in [0.1, 0.15) is 49.2 Å². The number of nitrogens with zero attached hydrogens (tertiary/aromatic N) is 3. The number of nitrogens with one attached hydrogen (secondary N) is 1. The minimum absolute atomic E-state index is 0.123. The molecule has 120 heavy (non-hydrogen) atoms. The topological polar surface area (TPSA) is 272 Å². The van der Waals surface area contributed by atoms with Gasteiger partial charge in [-0.1, -0.05) is 248 Å². The molecule has 14 rings (SSSR count). The largest absolute Gasteiger partial charge is 0.492 e. The number of carbonyl (C=O) groups excluding carboxylic acids is 4. The molecular weight excluding hydrogens is 1690 g/mol. The Hall–Kier alpha value is -5.44. The Labute approximate surface area is 748 Å². The van der Waals surface area contributed by atoms with Gasteiger partial charge in [0.2, 0.25) is 0 Å². The molecule has 0 saturated heterocycles. The van der Waals surface area contributed by atoms with Crippen LogP contribution in [0.15, 0.2) is 24.3 Å². The fraction of sp³-hybridized carbons (Fsp3) is 0.660. The molecule has 1 heterocycles. The van der Waals surface area contributed by atoms with Crippen LogP contribution in [0.3, 0.4) is 0 Å². The lowest BCUT2D eigenvalue weighted by Gasteiger charge is -2.34. The smallest absolute Gasteiger partial charge is 0.306 e. The molecular formula is C94H122Cl8N4O14. The van der Waals surface area contributed by atoms with Gasteiger partial charge in [-0.05, 0) is 218 Å². The van der Waals surface area contributed by atoms with Crippen LogP contribution < -0.4 is 18.9 Å². The number of hydrogen-bond acceptors (Lipinski definition) is 14. The predicted molar refractivity (Wildman–Crippen MR) is 474 cm³/mol. The van der Waals surface area contributed by atoms with Gasteiger partial charge in [0.25, 0.3) is 0 Å². The Bertz CT molecular complexity index is 4420. The Kier molecular flexibility index (Phi) is 35.0.